The molecule has 88 valence electrons. The van der Waals surface area contributed by atoms with Gasteiger partial charge in [0.2, 0.25) is 0 Å². The third-order valence-corrected chi connectivity index (χ3v) is 3.44. The van der Waals surface area contributed by atoms with Crippen molar-refractivity contribution in [1.29, 1.82) is 0 Å². The second kappa shape index (κ2) is 7.21. The van der Waals surface area contributed by atoms with Crippen LogP contribution in [-0.4, -0.2) is 11.2 Å². The van der Waals surface area contributed by atoms with Gasteiger partial charge in [-0.2, -0.15) is 0 Å². The third-order valence-electron chi connectivity index (χ3n) is 3.34. The molecular formula is C13H24OS. The first kappa shape index (κ1) is 13.0. The molecule has 15 heavy (non-hydrogen) atoms. The molecule has 0 amide bonds. The summed E-state index contributed by atoms with van der Waals surface area (Å²) in [5, 5.41) is 0.712. The third kappa shape index (κ3) is 5.50. The van der Waals surface area contributed by atoms with Gasteiger partial charge in [-0.15, -0.1) is 0 Å². The van der Waals surface area contributed by atoms with E-state index >= 15 is 0 Å². The van der Waals surface area contributed by atoms with Crippen LogP contribution in [0.4, 0.5) is 0 Å². The van der Waals surface area contributed by atoms with Gasteiger partial charge in [-0.1, -0.05) is 32.6 Å². The van der Waals surface area contributed by atoms with Gasteiger partial charge in [0, 0.05) is 6.92 Å². The molecule has 0 aromatic carbocycles. The van der Waals surface area contributed by atoms with Crippen LogP contribution >= 0.6 is 12.2 Å². The van der Waals surface area contributed by atoms with Crippen LogP contribution in [-0.2, 0) is 4.74 Å². The van der Waals surface area contributed by atoms with Crippen LogP contribution in [0, 0.1) is 5.92 Å². The summed E-state index contributed by atoms with van der Waals surface area (Å²) in [6, 6.07) is 0. The standard InChI is InChI=1S/C13H24OS/c1-3-4-5-6-12-7-9-13(10-8-12)14-11(2)15/h12-13H,3-10H2,1-2H3. The summed E-state index contributed by atoms with van der Waals surface area (Å²) in [4.78, 5) is 0. The van der Waals surface area contributed by atoms with E-state index in [2.05, 4.69) is 6.92 Å². The fourth-order valence-corrected chi connectivity index (χ4v) is 2.59. The maximum absolute atomic E-state index is 5.60. The number of hydrogen-bond donors (Lipinski definition) is 0. The lowest BCUT2D eigenvalue weighted by atomic mass is 9.84. The van der Waals surface area contributed by atoms with E-state index in [1.807, 2.05) is 6.92 Å². The smallest absolute Gasteiger partial charge is 0.157 e. The molecule has 0 saturated heterocycles. The van der Waals surface area contributed by atoms with Gasteiger partial charge in [0.05, 0.1) is 6.10 Å². The van der Waals surface area contributed by atoms with Crippen LogP contribution in [0.1, 0.15) is 65.2 Å². The first-order valence-electron chi connectivity index (χ1n) is 6.39. The molecule has 0 radical (unpaired) electrons. The normalized spacial score (nSPS) is 26.3. The minimum Gasteiger partial charge on any atom is -0.484 e. The van der Waals surface area contributed by atoms with E-state index < -0.39 is 0 Å². The van der Waals surface area contributed by atoms with Crippen LogP contribution in [0.25, 0.3) is 0 Å². The van der Waals surface area contributed by atoms with E-state index in [0.717, 1.165) is 5.92 Å². The highest BCUT2D eigenvalue weighted by molar-refractivity contribution is 7.80. The van der Waals surface area contributed by atoms with Crippen LogP contribution in [0.15, 0.2) is 0 Å². The second-order valence-corrected chi connectivity index (χ2v) is 5.32. The Balaban J connectivity index is 2.10. The predicted molar refractivity (Wildman–Crippen MR) is 69.2 cm³/mol. The van der Waals surface area contributed by atoms with Crippen molar-refractivity contribution in [3.05, 3.63) is 0 Å². The summed E-state index contributed by atoms with van der Waals surface area (Å²) in [6.07, 6.45) is 11.1. The number of unbranched alkanes of at least 4 members (excludes halogenated alkanes) is 2. The lowest BCUT2D eigenvalue weighted by Gasteiger charge is -2.28. The van der Waals surface area contributed by atoms with Crippen LogP contribution in [0.5, 0.6) is 0 Å². The Labute approximate surface area is 99.6 Å². The Bertz CT molecular complexity index is 183. The van der Waals surface area contributed by atoms with Crippen molar-refractivity contribution in [2.75, 3.05) is 0 Å². The Kier molecular flexibility index (Phi) is 6.23. The Morgan fingerprint density at radius 3 is 2.40 bits per heavy atom. The average Bonchev–Trinajstić information content (AvgIpc) is 2.20. The van der Waals surface area contributed by atoms with E-state index in [4.69, 9.17) is 17.0 Å². The van der Waals surface area contributed by atoms with Gasteiger partial charge < -0.3 is 4.74 Å². The van der Waals surface area contributed by atoms with Crippen molar-refractivity contribution in [3.63, 3.8) is 0 Å². The molecule has 1 nitrogen and oxygen atoms in total. The molecule has 1 aliphatic carbocycles. The summed E-state index contributed by atoms with van der Waals surface area (Å²) in [5.74, 6) is 0.960. The van der Waals surface area contributed by atoms with Crippen molar-refractivity contribution in [2.45, 2.75) is 71.3 Å². The molecule has 0 atom stereocenters. The highest BCUT2D eigenvalue weighted by Crippen LogP contribution is 2.30. The largest absolute Gasteiger partial charge is 0.484 e. The van der Waals surface area contributed by atoms with E-state index in [1.165, 1.54) is 51.4 Å². The molecule has 0 N–H and O–H groups in total. The van der Waals surface area contributed by atoms with Gasteiger partial charge in [-0.3, -0.25) is 0 Å². The van der Waals surface area contributed by atoms with Crippen LogP contribution in [0.2, 0.25) is 0 Å². The van der Waals surface area contributed by atoms with Gasteiger partial charge in [0.25, 0.3) is 0 Å². The molecular weight excluding hydrogens is 204 g/mol. The Morgan fingerprint density at radius 2 is 1.87 bits per heavy atom. The molecule has 1 rings (SSSR count). The van der Waals surface area contributed by atoms with Gasteiger partial charge in [0.1, 0.15) is 0 Å². The van der Waals surface area contributed by atoms with Gasteiger partial charge in [-0.05, 0) is 43.8 Å². The zero-order valence-corrected chi connectivity index (χ0v) is 10.9. The van der Waals surface area contributed by atoms with Crippen molar-refractivity contribution in [1.82, 2.24) is 0 Å². The van der Waals surface area contributed by atoms with Gasteiger partial charge >= 0.3 is 0 Å². The minimum atomic E-state index is 0.421. The molecule has 0 aromatic heterocycles. The molecule has 1 aliphatic rings. The number of thiocarbonyl (C=S) groups is 1. The van der Waals surface area contributed by atoms with E-state index in [1.54, 1.807) is 0 Å². The van der Waals surface area contributed by atoms with E-state index in [9.17, 15) is 0 Å². The highest BCUT2D eigenvalue weighted by Gasteiger charge is 2.21. The average molecular weight is 228 g/mol. The van der Waals surface area contributed by atoms with Crippen molar-refractivity contribution in [3.8, 4) is 0 Å². The monoisotopic (exact) mass is 228 g/mol. The van der Waals surface area contributed by atoms with Crippen molar-refractivity contribution >= 4 is 17.3 Å². The maximum Gasteiger partial charge on any atom is 0.157 e. The molecule has 0 aliphatic heterocycles. The topological polar surface area (TPSA) is 9.23 Å². The highest BCUT2D eigenvalue weighted by atomic mass is 32.1. The predicted octanol–water partition coefficient (Wildman–Crippen LogP) is 4.49. The molecule has 0 heterocycles. The summed E-state index contributed by atoms with van der Waals surface area (Å²) < 4.78 is 5.60. The maximum atomic E-state index is 5.60. The van der Waals surface area contributed by atoms with Crippen molar-refractivity contribution in [2.24, 2.45) is 5.92 Å². The SMILES string of the molecule is CCCCCC1CCC(OC(C)=S)CC1. The fourth-order valence-electron chi connectivity index (χ4n) is 2.46. The number of ether oxygens (including phenoxy) is 1. The summed E-state index contributed by atoms with van der Waals surface area (Å²) >= 11 is 4.97. The molecule has 2 heteroatoms. The summed E-state index contributed by atoms with van der Waals surface area (Å²) in [7, 11) is 0. The summed E-state index contributed by atoms with van der Waals surface area (Å²) in [6.45, 7) is 4.15. The first-order valence-corrected chi connectivity index (χ1v) is 6.80. The van der Waals surface area contributed by atoms with E-state index in [-0.39, 0.29) is 0 Å². The molecule has 1 fully saturated rings. The quantitative estimate of drug-likeness (QED) is 0.506. The van der Waals surface area contributed by atoms with Crippen LogP contribution < -0.4 is 0 Å². The fraction of sp³-hybridized carbons (Fsp3) is 0.923. The lowest BCUT2D eigenvalue weighted by Crippen LogP contribution is -2.22. The zero-order chi connectivity index (χ0) is 11.1. The number of rotatable bonds is 5. The Morgan fingerprint density at radius 1 is 1.20 bits per heavy atom. The molecule has 0 aromatic rings. The van der Waals surface area contributed by atoms with Crippen LogP contribution in [0.3, 0.4) is 0 Å². The van der Waals surface area contributed by atoms with Crippen molar-refractivity contribution < 1.29 is 4.74 Å². The van der Waals surface area contributed by atoms with Gasteiger partial charge in [0.15, 0.2) is 5.05 Å². The zero-order valence-electron chi connectivity index (χ0n) is 10.1. The molecule has 0 unspecified atom stereocenters. The van der Waals surface area contributed by atoms with E-state index in [0.29, 0.717) is 11.2 Å². The molecule has 0 bridgehead atoms. The minimum absolute atomic E-state index is 0.421. The Hall–Kier alpha value is -0.110. The van der Waals surface area contributed by atoms with Gasteiger partial charge in [-0.25, -0.2) is 0 Å². The number of hydrogen-bond acceptors (Lipinski definition) is 2. The summed E-state index contributed by atoms with van der Waals surface area (Å²) in [5.41, 5.74) is 0. The molecule has 1 saturated carbocycles. The second-order valence-electron chi connectivity index (χ2n) is 4.75. The first-order chi connectivity index (χ1) is 7.22. The molecule has 0 spiro atoms. The lowest BCUT2D eigenvalue weighted by molar-refractivity contribution is 0.120.